The first-order valence-corrected chi connectivity index (χ1v) is 10.1. The van der Waals surface area contributed by atoms with Crippen molar-refractivity contribution in [3.05, 3.63) is 79.0 Å². The number of imidazole rings is 1. The zero-order valence-corrected chi connectivity index (χ0v) is 16.6. The highest BCUT2D eigenvalue weighted by Gasteiger charge is 2.23. The summed E-state index contributed by atoms with van der Waals surface area (Å²) in [6, 6.07) is 15.7. The summed E-state index contributed by atoms with van der Waals surface area (Å²) in [7, 11) is 0. The predicted octanol–water partition coefficient (Wildman–Crippen LogP) is 3.17. The Morgan fingerprint density at radius 1 is 0.933 bits per heavy atom. The molecule has 4 aromatic rings. The van der Waals surface area contributed by atoms with E-state index >= 15 is 0 Å². The molecule has 7 heteroatoms. The fraction of sp³-hybridized carbons (Fsp3) is 0.217. The molecule has 1 aliphatic heterocycles. The summed E-state index contributed by atoms with van der Waals surface area (Å²) in [5, 5.41) is 1.03. The Bertz CT molecular complexity index is 1170. The first kappa shape index (κ1) is 18.3. The number of anilines is 1. The van der Waals surface area contributed by atoms with Crippen molar-refractivity contribution in [2.24, 2.45) is 0 Å². The Balaban J connectivity index is 1.35. The molecule has 3 heterocycles. The molecule has 0 atom stereocenters. The van der Waals surface area contributed by atoms with Crippen LogP contribution >= 0.6 is 0 Å². The maximum Gasteiger partial charge on any atom is 0.256 e. The third-order valence-corrected chi connectivity index (χ3v) is 5.46. The van der Waals surface area contributed by atoms with Crippen LogP contribution in [0.2, 0.25) is 0 Å². The van der Waals surface area contributed by atoms with Gasteiger partial charge in [-0.15, -0.1) is 0 Å². The molecule has 1 fully saturated rings. The number of carbonyl (C=O) groups excluding carboxylic acids is 1. The summed E-state index contributed by atoms with van der Waals surface area (Å²) in [6.45, 7) is 2.87. The zero-order valence-electron chi connectivity index (χ0n) is 16.6. The molecule has 0 unspecified atom stereocenters. The lowest BCUT2D eigenvalue weighted by molar-refractivity contribution is 0.0767. The number of fused-ring (bicyclic) bond motifs is 1. The lowest BCUT2D eigenvalue weighted by Gasteiger charge is -2.23. The van der Waals surface area contributed by atoms with Crippen LogP contribution in [0.5, 0.6) is 0 Å². The average Bonchev–Trinajstić information content (AvgIpc) is 3.23. The quantitative estimate of drug-likeness (QED) is 0.530. The van der Waals surface area contributed by atoms with E-state index in [0.29, 0.717) is 25.2 Å². The van der Waals surface area contributed by atoms with Crippen LogP contribution in [0.4, 0.5) is 5.95 Å². The number of hydrogen-bond acceptors (Lipinski definition) is 5. The van der Waals surface area contributed by atoms with Gasteiger partial charge in [-0.1, -0.05) is 30.3 Å². The monoisotopic (exact) mass is 398 g/mol. The van der Waals surface area contributed by atoms with E-state index in [0.717, 1.165) is 35.5 Å². The number of rotatable bonds is 3. The highest BCUT2D eigenvalue weighted by atomic mass is 16.2. The van der Waals surface area contributed by atoms with Crippen molar-refractivity contribution < 1.29 is 4.79 Å². The number of aromatic nitrogens is 4. The van der Waals surface area contributed by atoms with Gasteiger partial charge in [-0.3, -0.25) is 4.79 Å². The molecule has 30 heavy (non-hydrogen) atoms. The van der Waals surface area contributed by atoms with E-state index in [9.17, 15) is 4.79 Å². The van der Waals surface area contributed by atoms with Crippen LogP contribution in [0.1, 0.15) is 16.8 Å². The number of hydrogen-bond donors (Lipinski definition) is 0. The van der Waals surface area contributed by atoms with Crippen molar-refractivity contribution in [3.63, 3.8) is 0 Å². The molecule has 0 N–H and O–H groups in total. The Morgan fingerprint density at radius 2 is 1.80 bits per heavy atom. The van der Waals surface area contributed by atoms with Crippen molar-refractivity contribution in [2.45, 2.75) is 6.42 Å². The first-order valence-electron chi connectivity index (χ1n) is 10.1. The molecule has 0 saturated carbocycles. The lowest BCUT2D eigenvalue weighted by atomic mass is 10.1. The fourth-order valence-electron chi connectivity index (χ4n) is 3.89. The molecule has 0 aliphatic carbocycles. The third kappa shape index (κ3) is 3.50. The van der Waals surface area contributed by atoms with E-state index in [4.69, 9.17) is 4.98 Å². The summed E-state index contributed by atoms with van der Waals surface area (Å²) in [5.41, 5.74) is 2.47. The smallest absolute Gasteiger partial charge is 0.256 e. The molecule has 2 aromatic heterocycles. The number of para-hydroxylation sites is 2. The van der Waals surface area contributed by atoms with Crippen molar-refractivity contribution in [3.8, 4) is 5.69 Å². The molecular weight excluding hydrogens is 376 g/mol. The lowest BCUT2D eigenvalue weighted by Crippen LogP contribution is -2.36. The van der Waals surface area contributed by atoms with Crippen LogP contribution in [0.25, 0.3) is 16.6 Å². The minimum Gasteiger partial charge on any atom is -0.339 e. The van der Waals surface area contributed by atoms with Crippen LogP contribution < -0.4 is 4.90 Å². The topological polar surface area (TPSA) is 67.2 Å². The Labute approximate surface area is 174 Å². The van der Waals surface area contributed by atoms with Gasteiger partial charge in [-0.2, -0.15) is 0 Å². The second-order valence-electron chi connectivity index (χ2n) is 7.35. The van der Waals surface area contributed by atoms with Gasteiger partial charge in [0, 0.05) is 50.2 Å². The minimum atomic E-state index is 0.0422. The van der Waals surface area contributed by atoms with E-state index < -0.39 is 0 Å². The van der Waals surface area contributed by atoms with Crippen molar-refractivity contribution in [1.29, 1.82) is 0 Å². The second kappa shape index (κ2) is 7.94. The van der Waals surface area contributed by atoms with Crippen molar-refractivity contribution in [2.75, 3.05) is 31.1 Å². The summed E-state index contributed by atoms with van der Waals surface area (Å²) in [6.07, 6.45) is 8.03. The molecule has 2 aromatic carbocycles. The van der Waals surface area contributed by atoms with Crippen LogP contribution in [0.3, 0.4) is 0 Å². The maximum atomic E-state index is 13.3. The van der Waals surface area contributed by atoms with Gasteiger partial charge < -0.3 is 14.4 Å². The highest BCUT2D eigenvalue weighted by Crippen LogP contribution is 2.20. The Hall–Kier alpha value is -3.74. The zero-order chi connectivity index (χ0) is 20.3. The number of nitrogens with zero attached hydrogens (tertiary/aromatic N) is 6. The van der Waals surface area contributed by atoms with Crippen molar-refractivity contribution >= 4 is 22.8 Å². The highest BCUT2D eigenvalue weighted by molar-refractivity contribution is 5.97. The Morgan fingerprint density at radius 3 is 2.70 bits per heavy atom. The molecule has 0 radical (unpaired) electrons. The summed E-state index contributed by atoms with van der Waals surface area (Å²) in [4.78, 5) is 30.8. The number of amides is 1. The SMILES string of the molecule is O=C(c1ccccc1-n1ccnc1)N1CCCN(c2ncc3ccccc3n2)CC1. The maximum absolute atomic E-state index is 13.3. The molecule has 0 spiro atoms. The fourth-order valence-corrected chi connectivity index (χ4v) is 3.89. The van der Waals surface area contributed by atoms with Crippen LogP contribution in [-0.2, 0) is 0 Å². The molecule has 1 aliphatic rings. The van der Waals surface area contributed by atoms with Gasteiger partial charge in [0.2, 0.25) is 5.95 Å². The van der Waals surface area contributed by atoms with Crippen LogP contribution in [-0.4, -0.2) is 56.5 Å². The van der Waals surface area contributed by atoms with E-state index in [-0.39, 0.29) is 5.91 Å². The molecule has 5 rings (SSSR count). The van der Waals surface area contributed by atoms with Crippen LogP contribution in [0, 0.1) is 0 Å². The van der Waals surface area contributed by atoms with Gasteiger partial charge in [0.15, 0.2) is 0 Å². The summed E-state index contributed by atoms with van der Waals surface area (Å²) < 4.78 is 1.88. The molecule has 1 saturated heterocycles. The molecule has 0 bridgehead atoms. The van der Waals surface area contributed by atoms with E-state index in [1.807, 2.05) is 70.4 Å². The van der Waals surface area contributed by atoms with Gasteiger partial charge in [-0.25, -0.2) is 15.0 Å². The largest absolute Gasteiger partial charge is 0.339 e. The van der Waals surface area contributed by atoms with E-state index in [1.165, 1.54) is 0 Å². The normalized spacial score (nSPS) is 14.7. The predicted molar refractivity (Wildman–Crippen MR) is 116 cm³/mol. The van der Waals surface area contributed by atoms with Gasteiger partial charge in [0.25, 0.3) is 5.91 Å². The average molecular weight is 398 g/mol. The molecule has 7 nitrogen and oxygen atoms in total. The van der Waals surface area contributed by atoms with Gasteiger partial charge in [-0.05, 0) is 24.6 Å². The summed E-state index contributed by atoms with van der Waals surface area (Å²) >= 11 is 0. The minimum absolute atomic E-state index is 0.0422. The molecule has 1 amide bonds. The van der Waals surface area contributed by atoms with Crippen LogP contribution in [0.15, 0.2) is 73.4 Å². The van der Waals surface area contributed by atoms with Gasteiger partial charge >= 0.3 is 0 Å². The summed E-state index contributed by atoms with van der Waals surface area (Å²) in [5.74, 6) is 0.766. The van der Waals surface area contributed by atoms with Gasteiger partial charge in [0.1, 0.15) is 0 Å². The van der Waals surface area contributed by atoms with Gasteiger partial charge in [0.05, 0.1) is 23.1 Å². The molecule has 150 valence electrons. The third-order valence-electron chi connectivity index (χ3n) is 5.46. The van der Waals surface area contributed by atoms with E-state index in [2.05, 4.69) is 14.9 Å². The number of carbonyl (C=O) groups is 1. The molecular formula is C23H22N6O. The standard InChI is InChI=1S/C23H22N6O/c30-22(19-7-2-4-9-21(19)29-13-10-24-17-29)27-11-5-12-28(15-14-27)23-25-16-18-6-1-3-8-20(18)26-23/h1-4,6-10,13,16-17H,5,11-12,14-15H2. The number of benzene rings is 2. The first-order chi connectivity index (χ1) is 14.8. The van der Waals surface area contributed by atoms with E-state index in [1.54, 1.807) is 12.5 Å². The van der Waals surface area contributed by atoms with Crippen molar-refractivity contribution in [1.82, 2.24) is 24.4 Å². The second-order valence-corrected chi connectivity index (χ2v) is 7.35. The Kier molecular flexibility index (Phi) is 4.85.